The van der Waals surface area contributed by atoms with Crippen molar-refractivity contribution in [3.05, 3.63) is 87.3 Å². The fraction of sp³-hybridized carbons (Fsp3) is 0.387. The van der Waals surface area contributed by atoms with Gasteiger partial charge in [0.2, 0.25) is 0 Å². The van der Waals surface area contributed by atoms with E-state index in [1.165, 1.54) is 21.6 Å². The van der Waals surface area contributed by atoms with Crippen LogP contribution in [0.5, 0.6) is 0 Å². The summed E-state index contributed by atoms with van der Waals surface area (Å²) in [7, 11) is 6.69. The van der Waals surface area contributed by atoms with Gasteiger partial charge >= 0.3 is 0 Å². The average molecular weight is 581 g/mol. The Labute approximate surface area is 242 Å². The van der Waals surface area contributed by atoms with Crippen molar-refractivity contribution >= 4 is 22.6 Å². The van der Waals surface area contributed by atoms with Gasteiger partial charge in [-0.2, -0.15) is 0 Å². The highest BCUT2D eigenvalue weighted by Crippen LogP contribution is 2.45. The number of carbonyl (C=O) groups is 1. The monoisotopic (exact) mass is 580 g/mol. The molecule has 4 aromatic rings. The molecule has 11 heteroatoms. The van der Waals surface area contributed by atoms with Gasteiger partial charge in [0.15, 0.2) is 0 Å². The molecule has 5 rings (SSSR count). The summed E-state index contributed by atoms with van der Waals surface area (Å²) >= 11 is 0. The number of alkyl halides is 2. The molecule has 222 valence electrons. The predicted molar refractivity (Wildman–Crippen MR) is 157 cm³/mol. The molecule has 1 saturated heterocycles. The molecule has 4 heterocycles. The number of hydrogen-bond donors (Lipinski definition) is 1. The number of hydrogen-bond acceptors (Lipinski definition) is 5. The number of pyridine rings is 2. The number of benzene rings is 1. The first-order chi connectivity index (χ1) is 19.8. The fourth-order valence-corrected chi connectivity index (χ4v) is 6.09. The lowest BCUT2D eigenvalue weighted by Crippen LogP contribution is -2.48. The third-order valence-corrected chi connectivity index (χ3v) is 8.35. The number of halogens is 3. The first-order valence-corrected chi connectivity index (χ1v) is 13.8. The van der Waals surface area contributed by atoms with Gasteiger partial charge in [0.25, 0.3) is 17.4 Å². The van der Waals surface area contributed by atoms with Gasteiger partial charge in [0.1, 0.15) is 11.5 Å². The van der Waals surface area contributed by atoms with E-state index in [-0.39, 0.29) is 29.0 Å². The minimum absolute atomic E-state index is 0.0317. The Morgan fingerprint density at radius 3 is 2.55 bits per heavy atom. The largest absolute Gasteiger partial charge is 0.388 e. The molecular formula is C31H35F3N6O2. The Balaban J connectivity index is 1.44. The molecular weight excluding hydrogens is 545 g/mol. The highest BCUT2D eigenvalue weighted by atomic mass is 19.3. The first kappa shape index (κ1) is 29.4. The van der Waals surface area contributed by atoms with Crippen LogP contribution in [0, 0.1) is 12.7 Å². The van der Waals surface area contributed by atoms with E-state index < -0.39 is 30.2 Å². The standard InChI is InChI=1S/C31H35F3N6O2/c1-18-13-20(30(42)37(4)5)14-24(32)28(18)23-9-11-39(17-31(23,33)34)19(2)26-16-22-25(7-10-36-29(22)38(26)6)40-12-8-21(35-3)15-27(40)41/h7-8,10,12-16,19,23,35H,9,11,17H2,1-6H3/t19-,23+/m1/s1. The lowest BCUT2D eigenvalue weighted by atomic mass is 9.82. The summed E-state index contributed by atoms with van der Waals surface area (Å²) in [5, 5.41) is 3.68. The number of nitrogens with one attached hydrogen (secondary N) is 1. The Kier molecular flexibility index (Phi) is 7.65. The second-order valence-corrected chi connectivity index (χ2v) is 11.2. The van der Waals surface area contributed by atoms with E-state index in [0.717, 1.165) is 17.1 Å². The molecule has 1 fully saturated rings. The predicted octanol–water partition coefficient (Wildman–Crippen LogP) is 5.10. The molecule has 2 atom stereocenters. The van der Waals surface area contributed by atoms with Gasteiger partial charge in [0.05, 0.1) is 18.2 Å². The van der Waals surface area contributed by atoms with Gasteiger partial charge < -0.3 is 14.8 Å². The van der Waals surface area contributed by atoms with Crippen LogP contribution in [0.25, 0.3) is 16.7 Å². The molecule has 0 unspecified atom stereocenters. The Hall–Kier alpha value is -4.12. The Bertz CT molecular complexity index is 1700. The van der Waals surface area contributed by atoms with Crippen molar-refractivity contribution in [3.63, 3.8) is 0 Å². The van der Waals surface area contributed by atoms with Gasteiger partial charge in [-0.1, -0.05) is 0 Å². The molecule has 0 saturated carbocycles. The highest BCUT2D eigenvalue weighted by molar-refractivity contribution is 5.94. The van der Waals surface area contributed by atoms with Crippen LogP contribution in [0.4, 0.5) is 18.9 Å². The van der Waals surface area contributed by atoms with Gasteiger partial charge in [0, 0.05) is 75.0 Å². The zero-order valence-electron chi connectivity index (χ0n) is 24.6. The van der Waals surface area contributed by atoms with Crippen molar-refractivity contribution in [2.45, 2.75) is 38.2 Å². The second kappa shape index (κ2) is 10.9. The normalized spacial score (nSPS) is 17.8. The number of fused-ring (bicyclic) bond motifs is 1. The third-order valence-electron chi connectivity index (χ3n) is 8.35. The molecule has 0 spiro atoms. The van der Waals surface area contributed by atoms with Crippen molar-refractivity contribution in [2.75, 3.05) is 39.5 Å². The molecule has 0 radical (unpaired) electrons. The molecule has 0 aliphatic carbocycles. The third kappa shape index (κ3) is 5.06. The maximum atomic E-state index is 15.8. The van der Waals surface area contributed by atoms with Crippen LogP contribution in [-0.4, -0.2) is 70.0 Å². The number of carbonyl (C=O) groups excluding carboxylic acids is 1. The number of nitrogens with zero attached hydrogens (tertiary/aromatic N) is 5. The van der Waals surface area contributed by atoms with E-state index >= 15 is 13.2 Å². The molecule has 0 bridgehead atoms. The van der Waals surface area contributed by atoms with Gasteiger partial charge in [-0.15, -0.1) is 0 Å². The number of amides is 1. The van der Waals surface area contributed by atoms with Crippen molar-refractivity contribution in [1.82, 2.24) is 23.9 Å². The van der Waals surface area contributed by atoms with Crippen LogP contribution < -0.4 is 10.9 Å². The van der Waals surface area contributed by atoms with Crippen molar-refractivity contribution in [3.8, 4) is 5.69 Å². The molecule has 42 heavy (non-hydrogen) atoms. The van der Waals surface area contributed by atoms with Gasteiger partial charge in [-0.3, -0.25) is 19.1 Å². The maximum Gasteiger partial charge on any atom is 0.267 e. The molecule has 1 aliphatic heterocycles. The van der Waals surface area contributed by atoms with Crippen LogP contribution >= 0.6 is 0 Å². The number of likely N-dealkylation sites (tertiary alicyclic amines) is 1. The zero-order valence-corrected chi connectivity index (χ0v) is 24.6. The van der Waals surface area contributed by atoms with Crippen LogP contribution in [0.15, 0.2) is 53.6 Å². The molecule has 1 N–H and O–H groups in total. The lowest BCUT2D eigenvalue weighted by Gasteiger charge is -2.42. The lowest BCUT2D eigenvalue weighted by molar-refractivity contribution is -0.0931. The van der Waals surface area contributed by atoms with E-state index in [2.05, 4.69) is 10.3 Å². The molecule has 1 amide bonds. The van der Waals surface area contributed by atoms with Crippen LogP contribution in [0.2, 0.25) is 0 Å². The number of anilines is 1. The van der Waals surface area contributed by atoms with Crippen LogP contribution in [0.3, 0.4) is 0 Å². The summed E-state index contributed by atoms with van der Waals surface area (Å²) in [4.78, 5) is 32.7. The SMILES string of the molecule is CNc1ccn(-c2ccnc3c2cc([C@@H](C)N2CC[C@@H](c4c(C)cc(C(=O)N(C)C)cc4F)C(F)(F)C2)n3C)c(=O)c1. The van der Waals surface area contributed by atoms with Crippen LogP contribution in [0.1, 0.15) is 52.5 Å². The van der Waals surface area contributed by atoms with E-state index in [9.17, 15) is 9.59 Å². The number of aryl methyl sites for hydroxylation is 2. The van der Waals surface area contributed by atoms with Crippen molar-refractivity contribution < 1.29 is 18.0 Å². The Morgan fingerprint density at radius 2 is 1.93 bits per heavy atom. The van der Waals surface area contributed by atoms with E-state index in [4.69, 9.17) is 0 Å². The number of piperidine rings is 1. The van der Waals surface area contributed by atoms with E-state index in [1.807, 2.05) is 24.6 Å². The summed E-state index contributed by atoms with van der Waals surface area (Å²) in [6.45, 7) is 3.22. The Morgan fingerprint density at radius 1 is 1.19 bits per heavy atom. The summed E-state index contributed by atoms with van der Waals surface area (Å²) in [5.74, 6) is -5.68. The summed E-state index contributed by atoms with van der Waals surface area (Å²) < 4.78 is 50.2. The maximum absolute atomic E-state index is 15.8. The molecule has 1 aliphatic rings. The number of aromatic nitrogens is 3. The first-order valence-electron chi connectivity index (χ1n) is 13.8. The van der Waals surface area contributed by atoms with E-state index in [1.54, 1.807) is 57.5 Å². The fourth-order valence-electron chi connectivity index (χ4n) is 6.09. The van der Waals surface area contributed by atoms with E-state index in [0.29, 0.717) is 29.1 Å². The smallest absolute Gasteiger partial charge is 0.267 e. The second-order valence-electron chi connectivity index (χ2n) is 11.2. The zero-order chi connectivity index (χ0) is 30.5. The van der Waals surface area contributed by atoms with Gasteiger partial charge in [-0.25, -0.2) is 18.2 Å². The topological polar surface area (TPSA) is 75.4 Å². The minimum atomic E-state index is -3.21. The van der Waals surface area contributed by atoms with Crippen LogP contribution in [-0.2, 0) is 7.05 Å². The quantitative estimate of drug-likeness (QED) is 0.344. The number of rotatable bonds is 6. The summed E-state index contributed by atoms with van der Waals surface area (Å²) in [5.41, 5.74) is 2.98. The minimum Gasteiger partial charge on any atom is -0.388 e. The van der Waals surface area contributed by atoms with Crippen molar-refractivity contribution in [1.29, 1.82) is 0 Å². The highest BCUT2D eigenvalue weighted by Gasteiger charge is 2.48. The van der Waals surface area contributed by atoms with Crippen molar-refractivity contribution in [2.24, 2.45) is 7.05 Å². The molecule has 1 aromatic carbocycles. The van der Waals surface area contributed by atoms with Gasteiger partial charge in [-0.05, 0) is 68.3 Å². The average Bonchev–Trinajstić information content (AvgIpc) is 3.28. The summed E-state index contributed by atoms with van der Waals surface area (Å²) in [6.07, 6.45) is 3.36. The molecule has 8 nitrogen and oxygen atoms in total. The molecule has 3 aromatic heterocycles. The summed E-state index contributed by atoms with van der Waals surface area (Å²) in [6, 6.07) is 9.10.